The SMILES string of the molecule is C[C@@H](Br)[C@@]12C=C[C@@](C)(OO1)c1ccccc12. The molecular formula is C13H13BrO2. The van der Waals surface area contributed by atoms with E-state index >= 15 is 0 Å². The van der Waals surface area contributed by atoms with E-state index in [1.807, 2.05) is 19.1 Å². The van der Waals surface area contributed by atoms with Crippen LogP contribution in [0.25, 0.3) is 0 Å². The lowest BCUT2D eigenvalue weighted by Gasteiger charge is -2.48. The van der Waals surface area contributed by atoms with Gasteiger partial charge in [0.1, 0.15) is 5.60 Å². The van der Waals surface area contributed by atoms with Gasteiger partial charge in [-0.2, -0.15) is 0 Å². The Morgan fingerprint density at radius 1 is 1.12 bits per heavy atom. The molecule has 0 saturated heterocycles. The van der Waals surface area contributed by atoms with Gasteiger partial charge in [-0.05, 0) is 37.1 Å². The van der Waals surface area contributed by atoms with Crippen LogP contribution in [0.3, 0.4) is 0 Å². The minimum absolute atomic E-state index is 0.155. The number of rotatable bonds is 1. The molecular weight excluding hydrogens is 268 g/mol. The van der Waals surface area contributed by atoms with Crippen LogP contribution in [-0.2, 0) is 21.0 Å². The molecule has 0 unspecified atom stereocenters. The molecule has 0 N–H and O–H groups in total. The molecule has 16 heavy (non-hydrogen) atoms. The summed E-state index contributed by atoms with van der Waals surface area (Å²) in [4.78, 5) is 11.3. The van der Waals surface area contributed by atoms with Crippen molar-refractivity contribution >= 4 is 15.9 Å². The van der Waals surface area contributed by atoms with E-state index in [9.17, 15) is 0 Å². The van der Waals surface area contributed by atoms with Crippen molar-refractivity contribution < 1.29 is 9.78 Å². The fourth-order valence-corrected chi connectivity index (χ4v) is 2.91. The molecule has 2 aliphatic heterocycles. The standard InChI is InChI=1S/C13H13BrO2/c1-9(14)13-8-7-12(2,15-16-13)10-5-3-4-6-11(10)13/h3-9H,1-2H3/t9-,12-,13-/m1/s1. The minimum Gasteiger partial charge on any atom is -0.220 e. The molecule has 1 aromatic rings. The predicted octanol–water partition coefficient (Wildman–Crippen LogP) is 3.41. The third-order valence-corrected chi connectivity index (χ3v) is 4.16. The van der Waals surface area contributed by atoms with Crippen molar-refractivity contribution in [3.63, 3.8) is 0 Å². The first-order chi connectivity index (χ1) is 7.58. The second-order valence-corrected chi connectivity index (χ2v) is 5.94. The van der Waals surface area contributed by atoms with Crippen LogP contribution in [0, 0.1) is 0 Å². The highest BCUT2D eigenvalue weighted by Gasteiger charge is 2.51. The van der Waals surface area contributed by atoms with Crippen LogP contribution in [0.1, 0.15) is 25.0 Å². The van der Waals surface area contributed by atoms with E-state index in [1.165, 1.54) is 11.1 Å². The molecule has 0 spiro atoms. The molecule has 84 valence electrons. The molecule has 2 heterocycles. The van der Waals surface area contributed by atoms with Gasteiger partial charge in [-0.25, -0.2) is 9.78 Å². The van der Waals surface area contributed by atoms with E-state index < -0.39 is 11.2 Å². The molecule has 4 rings (SSSR count). The van der Waals surface area contributed by atoms with Crippen LogP contribution in [0.4, 0.5) is 0 Å². The fourth-order valence-electron chi connectivity index (χ4n) is 2.43. The number of halogens is 1. The van der Waals surface area contributed by atoms with Crippen molar-refractivity contribution in [2.75, 3.05) is 0 Å². The average molecular weight is 281 g/mol. The second-order valence-electron chi connectivity index (χ2n) is 4.56. The fraction of sp³-hybridized carbons (Fsp3) is 0.385. The zero-order valence-corrected chi connectivity index (χ0v) is 10.8. The van der Waals surface area contributed by atoms with Crippen LogP contribution < -0.4 is 0 Å². The Hall–Kier alpha value is -0.640. The molecule has 3 aliphatic rings. The number of fused-ring (bicyclic) bond motifs is 1. The van der Waals surface area contributed by atoms with Gasteiger partial charge in [0.15, 0.2) is 5.60 Å². The van der Waals surface area contributed by atoms with Gasteiger partial charge in [0.05, 0.1) is 4.83 Å². The van der Waals surface area contributed by atoms with Crippen molar-refractivity contribution in [2.24, 2.45) is 0 Å². The number of hydrogen-bond donors (Lipinski definition) is 0. The van der Waals surface area contributed by atoms with E-state index in [1.54, 1.807) is 0 Å². The molecule has 1 aliphatic carbocycles. The Bertz CT molecular complexity index is 469. The van der Waals surface area contributed by atoms with Gasteiger partial charge in [0, 0.05) is 0 Å². The van der Waals surface area contributed by atoms with Crippen molar-refractivity contribution in [2.45, 2.75) is 29.9 Å². The van der Waals surface area contributed by atoms with Gasteiger partial charge in [-0.1, -0.05) is 40.2 Å². The molecule has 0 radical (unpaired) electrons. The summed E-state index contributed by atoms with van der Waals surface area (Å²) in [5, 5.41) is 0. The Balaban J connectivity index is 2.29. The van der Waals surface area contributed by atoms with Crippen LogP contribution in [-0.4, -0.2) is 4.83 Å². The molecule has 2 bridgehead atoms. The highest BCUT2D eigenvalue weighted by atomic mass is 79.9. The lowest BCUT2D eigenvalue weighted by atomic mass is 9.75. The maximum absolute atomic E-state index is 5.62. The van der Waals surface area contributed by atoms with E-state index in [2.05, 4.69) is 47.1 Å². The highest BCUT2D eigenvalue weighted by molar-refractivity contribution is 9.09. The largest absolute Gasteiger partial charge is 0.220 e. The first-order valence-electron chi connectivity index (χ1n) is 5.40. The minimum atomic E-state index is -0.492. The maximum Gasteiger partial charge on any atom is 0.159 e. The number of alkyl halides is 1. The normalized spacial score (nSPS) is 37.2. The van der Waals surface area contributed by atoms with E-state index in [4.69, 9.17) is 9.78 Å². The summed E-state index contributed by atoms with van der Waals surface area (Å²) in [5.41, 5.74) is 1.44. The third-order valence-electron chi connectivity index (χ3n) is 3.48. The van der Waals surface area contributed by atoms with Crippen LogP contribution >= 0.6 is 15.9 Å². The monoisotopic (exact) mass is 280 g/mol. The summed E-state index contributed by atoms with van der Waals surface area (Å²) in [6.45, 7) is 4.09. The molecule has 0 fully saturated rings. The Labute approximate surface area is 103 Å². The first kappa shape index (κ1) is 10.5. The second kappa shape index (κ2) is 3.19. The first-order valence-corrected chi connectivity index (χ1v) is 6.31. The van der Waals surface area contributed by atoms with Crippen LogP contribution in [0.5, 0.6) is 0 Å². The lowest BCUT2D eigenvalue weighted by molar-refractivity contribution is -0.418. The van der Waals surface area contributed by atoms with Gasteiger partial charge in [0.25, 0.3) is 0 Å². The summed E-state index contributed by atoms with van der Waals surface area (Å²) >= 11 is 3.61. The van der Waals surface area contributed by atoms with E-state index in [0.29, 0.717) is 0 Å². The summed E-state index contributed by atoms with van der Waals surface area (Å²) in [6, 6.07) is 8.29. The molecule has 0 aromatic heterocycles. The Kier molecular flexibility index (Phi) is 2.09. The molecule has 2 nitrogen and oxygen atoms in total. The molecule has 1 aromatic carbocycles. The van der Waals surface area contributed by atoms with E-state index in [0.717, 1.165) is 0 Å². The molecule has 3 heteroatoms. The van der Waals surface area contributed by atoms with Gasteiger partial charge in [-0.15, -0.1) is 0 Å². The van der Waals surface area contributed by atoms with Crippen LogP contribution in [0.2, 0.25) is 0 Å². The zero-order valence-electron chi connectivity index (χ0n) is 9.24. The van der Waals surface area contributed by atoms with Crippen LogP contribution in [0.15, 0.2) is 36.4 Å². The van der Waals surface area contributed by atoms with Crippen molar-refractivity contribution in [1.29, 1.82) is 0 Å². The van der Waals surface area contributed by atoms with Crippen molar-refractivity contribution in [3.05, 3.63) is 47.5 Å². The lowest BCUT2D eigenvalue weighted by Crippen LogP contribution is -2.49. The average Bonchev–Trinajstić information content (AvgIpc) is 2.30. The summed E-state index contributed by atoms with van der Waals surface area (Å²) in [5.74, 6) is 0. The topological polar surface area (TPSA) is 18.5 Å². The van der Waals surface area contributed by atoms with Crippen molar-refractivity contribution in [3.8, 4) is 0 Å². The molecule has 0 saturated carbocycles. The Morgan fingerprint density at radius 2 is 1.81 bits per heavy atom. The van der Waals surface area contributed by atoms with Crippen molar-refractivity contribution in [1.82, 2.24) is 0 Å². The summed E-state index contributed by atoms with van der Waals surface area (Å²) in [6.07, 6.45) is 4.18. The predicted molar refractivity (Wildman–Crippen MR) is 65.2 cm³/mol. The van der Waals surface area contributed by atoms with Gasteiger partial charge in [0.2, 0.25) is 0 Å². The smallest absolute Gasteiger partial charge is 0.159 e. The van der Waals surface area contributed by atoms with Gasteiger partial charge < -0.3 is 0 Å². The Morgan fingerprint density at radius 3 is 2.38 bits per heavy atom. The maximum atomic E-state index is 5.62. The number of hydrogen-bond acceptors (Lipinski definition) is 2. The highest BCUT2D eigenvalue weighted by Crippen LogP contribution is 2.51. The summed E-state index contributed by atoms with van der Waals surface area (Å²) in [7, 11) is 0. The molecule has 0 amide bonds. The van der Waals surface area contributed by atoms with E-state index in [-0.39, 0.29) is 4.83 Å². The van der Waals surface area contributed by atoms with Gasteiger partial charge in [-0.3, -0.25) is 0 Å². The quantitative estimate of drug-likeness (QED) is 0.446. The zero-order chi connectivity index (χ0) is 11.4. The number of benzene rings is 1. The summed E-state index contributed by atoms with van der Waals surface area (Å²) < 4.78 is 0. The molecule has 3 atom stereocenters. The third kappa shape index (κ3) is 1.14. The van der Waals surface area contributed by atoms with Gasteiger partial charge >= 0.3 is 0 Å².